The standard InChI is InChI=1S/C29H46N4O2/c30-13-6-2-1-3-7-16-33-22-25-18-24(10-5-4-8-15-32-17-9-14-31)19-27(20-25)26-11-12-28-29(21-26)35-23-34-28/h11-12,18-21,32-33H,1-10,13-17,22-23,30-31H2. The molecule has 0 unspecified atom stereocenters. The zero-order valence-electron chi connectivity index (χ0n) is 21.5. The number of hydrogen-bond acceptors (Lipinski definition) is 6. The summed E-state index contributed by atoms with van der Waals surface area (Å²) in [6.07, 6.45) is 12.0. The highest BCUT2D eigenvalue weighted by Gasteiger charge is 2.14. The molecule has 1 aliphatic heterocycles. The van der Waals surface area contributed by atoms with Crippen LogP contribution in [0.4, 0.5) is 0 Å². The van der Waals surface area contributed by atoms with Crippen LogP contribution in [-0.2, 0) is 13.0 Å². The number of unbranched alkanes of at least 4 members (excludes halogenated alkanes) is 6. The number of nitrogens with one attached hydrogen (secondary N) is 2. The van der Waals surface area contributed by atoms with Gasteiger partial charge in [-0.1, -0.05) is 43.9 Å². The van der Waals surface area contributed by atoms with Gasteiger partial charge in [0.2, 0.25) is 6.79 Å². The maximum atomic E-state index is 5.62. The second-order valence-electron chi connectivity index (χ2n) is 9.54. The number of aryl methyl sites for hydroxylation is 1. The van der Waals surface area contributed by atoms with E-state index >= 15 is 0 Å². The van der Waals surface area contributed by atoms with Gasteiger partial charge in [0.25, 0.3) is 0 Å². The highest BCUT2D eigenvalue weighted by Crippen LogP contribution is 2.36. The summed E-state index contributed by atoms with van der Waals surface area (Å²) in [7, 11) is 0. The van der Waals surface area contributed by atoms with E-state index in [1.54, 1.807) is 0 Å². The highest BCUT2D eigenvalue weighted by molar-refractivity contribution is 5.69. The molecule has 2 aromatic rings. The van der Waals surface area contributed by atoms with Crippen molar-refractivity contribution in [3.63, 3.8) is 0 Å². The minimum atomic E-state index is 0.307. The van der Waals surface area contributed by atoms with Gasteiger partial charge in [0.1, 0.15) is 0 Å². The Labute approximate surface area is 212 Å². The number of hydrogen-bond donors (Lipinski definition) is 4. The van der Waals surface area contributed by atoms with Crippen LogP contribution in [0, 0.1) is 0 Å². The van der Waals surface area contributed by atoms with E-state index in [-0.39, 0.29) is 0 Å². The fraction of sp³-hybridized carbons (Fsp3) is 0.586. The van der Waals surface area contributed by atoms with Crippen LogP contribution < -0.4 is 31.6 Å². The van der Waals surface area contributed by atoms with E-state index in [1.165, 1.54) is 67.2 Å². The summed E-state index contributed by atoms with van der Waals surface area (Å²) in [5.74, 6) is 1.67. The minimum Gasteiger partial charge on any atom is -0.454 e. The highest BCUT2D eigenvalue weighted by atomic mass is 16.7. The number of fused-ring (bicyclic) bond motifs is 1. The Hall–Kier alpha value is -2.12. The quantitative estimate of drug-likeness (QED) is 0.216. The molecule has 194 valence electrons. The molecule has 0 fully saturated rings. The second-order valence-corrected chi connectivity index (χ2v) is 9.54. The van der Waals surface area contributed by atoms with Crippen molar-refractivity contribution in [1.82, 2.24) is 10.6 Å². The molecule has 2 aromatic carbocycles. The summed E-state index contributed by atoms with van der Waals surface area (Å²) in [5, 5.41) is 7.13. The molecule has 0 aliphatic carbocycles. The van der Waals surface area contributed by atoms with Gasteiger partial charge in [-0.3, -0.25) is 0 Å². The van der Waals surface area contributed by atoms with Gasteiger partial charge in [0, 0.05) is 6.54 Å². The lowest BCUT2D eigenvalue weighted by Crippen LogP contribution is -2.19. The number of benzene rings is 2. The van der Waals surface area contributed by atoms with Crippen molar-refractivity contribution in [2.45, 2.75) is 70.8 Å². The van der Waals surface area contributed by atoms with Gasteiger partial charge >= 0.3 is 0 Å². The molecule has 3 rings (SSSR count). The summed E-state index contributed by atoms with van der Waals surface area (Å²) < 4.78 is 11.1. The molecule has 0 saturated heterocycles. The van der Waals surface area contributed by atoms with Gasteiger partial charge < -0.3 is 31.6 Å². The first-order valence-corrected chi connectivity index (χ1v) is 13.6. The maximum Gasteiger partial charge on any atom is 0.231 e. The first-order valence-electron chi connectivity index (χ1n) is 13.6. The average molecular weight is 483 g/mol. The molecule has 6 nitrogen and oxygen atoms in total. The molecule has 0 atom stereocenters. The van der Waals surface area contributed by atoms with Gasteiger partial charge in [0.05, 0.1) is 0 Å². The largest absolute Gasteiger partial charge is 0.454 e. The average Bonchev–Trinajstić information content (AvgIpc) is 3.35. The normalized spacial score (nSPS) is 12.4. The van der Waals surface area contributed by atoms with E-state index in [9.17, 15) is 0 Å². The van der Waals surface area contributed by atoms with Crippen molar-refractivity contribution < 1.29 is 9.47 Å². The molecule has 0 aromatic heterocycles. The van der Waals surface area contributed by atoms with Crippen LogP contribution in [0.5, 0.6) is 11.5 Å². The molecule has 0 saturated carbocycles. The summed E-state index contributed by atoms with van der Waals surface area (Å²) in [6, 6.07) is 13.3. The van der Waals surface area contributed by atoms with E-state index in [4.69, 9.17) is 20.9 Å². The monoisotopic (exact) mass is 482 g/mol. The minimum absolute atomic E-state index is 0.307. The Kier molecular flexibility index (Phi) is 13.0. The van der Waals surface area contributed by atoms with Crippen LogP contribution in [0.3, 0.4) is 0 Å². The number of nitrogens with two attached hydrogens (primary N) is 2. The molecule has 0 radical (unpaired) electrons. The molecule has 0 spiro atoms. The lowest BCUT2D eigenvalue weighted by atomic mass is 9.96. The zero-order valence-corrected chi connectivity index (χ0v) is 21.5. The fourth-order valence-corrected chi connectivity index (χ4v) is 4.52. The second kappa shape index (κ2) is 16.5. The van der Waals surface area contributed by atoms with Crippen molar-refractivity contribution in [3.05, 3.63) is 47.5 Å². The van der Waals surface area contributed by atoms with E-state index in [1.807, 2.05) is 6.07 Å². The molecule has 1 heterocycles. The van der Waals surface area contributed by atoms with Crippen LogP contribution in [0.25, 0.3) is 11.1 Å². The Morgan fingerprint density at radius 2 is 1.29 bits per heavy atom. The summed E-state index contributed by atoms with van der Waals surface area (Å²) >= 11 is 0. The third-order valence-electron chi connectivity index (χ3n) is 6.52. The molecule has 0 bridgehead atoms. The predicted octanol–water partition coefficient (Wildman–Crippen LogP) is 4.73. The predicted molar refractivity (Wildman–Crippen MR) is 146 cm³/mol. The Bertz CT molecular complexity index is 820. The maximum absolute atomic E-state index is 5.62. The Morgan fingerprint density at radius 3 is 2.14 bits per heavy atom. The van der Waals surface area contributed by atoms with Gasteiger partial charge in [0.15, 0.2) is 11.5 Å². The first-order chi connectivity index (χ1) is 17.3. The molecular formula is C29H46N4O2. The molecule has 0 amide bonds. The van der Waals surface area contributed by atoms with Crippen molar-refractivity contribution in [1.29, 1.82) is 0 Å². The lowest BCUT2D eigenvalue weighted by molar-refractivity contribution is 0.174. The smallest absolute Gasteiger partial charge is 0.231 e. The van der Waals surface area contributed by atoms with Gasteiger partial charge in [-0.2, -0.15) is 0 Å². The van der Waals surface area contributed by atoms with E-state index in [2.05, 4.69) is 41.0 Å². The summed E-state index contributed by atoms with van der Waals surface area (Å²) in [6.45, 7) is 5.95. The molecule has 35 heavy (non-hydrogen) atoms. The van der Waals surface area contributed by atoms with Gasteiger partial charge in [-0.15, -0.1) is 0 Å². The Morgan fingerprint density at radius 1 is 0.600 bits per heavy atom. The topological polar surface area (TPSA) is 94.6 Å². The summed E-state index contributed by atoms with van der Waals surface area (Å²) in [5.41, 5.74) is 16.3. The lowest BCUT2D eigenvalue weighted by Gasteiger charge is -2.12. The van der Waals surface area contributed by atoms with Gasteiger partial charge in [-0.05, 0) is 112 Å². The number of ether oxygens (including phenoxy) is 2. The van der Waals surface area contributed by atoms with Crippen LogP contribution >= 0.6 is 0 Å². The molecule has 1 aliphatic rings. The van der Waals surface area contributed by atoms with Gasteiger partial charge in [-0.25, -0.2) is 0 Å². The van der Waals surface area contributed by atoms with Crippen molar-refractivity contribution in [3.8, 4) is 22.6 Å². The molecular weight excluding hydrogens is 436 g/mol. The number of rotatable bonds is 19. The van der Waals surface area contributed by atoms with Crippen molar-refractivity contribution >= 4 is 0 Å². The molecule has 6 N–H and O–H groups in total. The van der Waals surface area contributed by atoms with Crippen molar-refractivity contribution in [2.75, 3.05) is 39.5 Å². The fourth-order valence-electron chi connectivity index (χ4n) is 4.52. The van der Waals surface area contributed by atoms with E-state index < -0.39 is 0 Å². The molecule has 6 heteroatoms. The first kappa shape index (κ1) is 27.5. The zero-order chi connectivity index (χ0) is 24.6. The van der Waals surface area contributed by atoms with Crippen LogP contribution in [0.15, 0.2) is 36.4 Å². The van der Waals surface area contributed by atoms with Crippen LogP contribution in [0.1, 0.15) is 68.9 Å². The Balaban J connectivity index is 1.54. The SMILES string of the molecule is NCCCCCCCNCc1cc(CCCCCNCCCN)cc(-c2ccc3c(c2)OCO3)c1. The third-order valence-corrected chi connectivity index (χ3v) is 6.52. The van der Waals surface area contributed by atoms with Crippen LogP contribution in [0.2, 0.25) is 0 Å². The van der Waals surface area contributed by atoms with E-state index in [0.717, 1.165) is 70.0 Å². The van der Waals surface area contributed by atoms with Crippen LogP contribution in [-0.4, -0.2) is 39.5 Å². The van der Waals surface area contributed by atoms with E-state index in [0.29, 0.717) is 6.79 Å². The third kappa shape index (κ3) is 10.2. The summed E-state index contributed by atoms with van der Waals surface area (Å²) in [4.78, 5) is 0. The van der Waals surface area contributed by atoms with Crippen molar-refractivity contribution in [2.24, 2.45) is 11.5 Å².